The van der Waals surface area contributed by atoms with E-state index in [4.69, 9.17) is 0 Å². The summed E-state index contributed by atoms with van der Waals surface area (Å²) in [6, 6.07) is 153. The molecular weight excluding hydrogens is 1490 g/mol. The Morgan fingerprint density at radius 1 is 0.129 bits per heavy atom. The molecule has 0 aliphatic carbocycles. The first-order chi connectivity index (χ1) is 61.5. The van der Waals surface area contributed by atoms with Crippen molar-refractivity contribution in [2.75, 3.05) is 36.0 Å². The monoisotopic (exact) mass is 1580 g/mol. The number of anilines is 2. The van der Waals surface area contributed by atoms with Crippen LogP contribution >= 0.6 is 0 Å². The number of benzene rings is 24. The van der Waals surface area contributed by atoms with E-state index in [1.807, 2.05) is 0 Å². The molecule has 0 amide bonds. The molecule has 0 atom stereocenters. The van der Waals surface area contributed by atoms with Crippen LogP contribution in [0, 0.1) is 0 Å². The van der Waals surface area contributed by atoms with Gasteiger partial charge in [0, 0.05) is 37.6 Å². The number of hydrogen-bond donors (Lipinski definition) is 0. The van der Waals surface area contributed by atoms with Gasteiger partial charge in [-0.25, -0.2) is 0 Å². The Kier molecular flexibility index (Phi) is 18.0. The number of fused-ring (bicyclic) bond motifs is 6. The molecule has 2 fully saturated rings. The van der Waals surface area contributed by atoms with Crippen LogP contribution in [0.5, 0.6) is 0 Å². The molecule has 24 aromatic rings. The molecule has 2 aliphatic heterocycles. The molecule has 2 heterocycles. The first-order valence-corrected chi connectivity index (χ1v) is 44.5. The number of piperidine rings is 2. The molecule has 2 nitrogen and oxygen atoms in total. The Balaban J connectivity index is 0.000000105. The van der Waals surface area contributed by atoms with Crippen LogP contribution in [0.2, 0.25) is 0 Å². The molecule has 24 aromatic carbocycles. The van der Waals surface area contributed by atoms with Crippen molar-refractivity contribution in [2.24, 2.45) is 0 Å². The molecule has 124 heavy (non-hydrogen) atoms. The van der Waals surface area contributed by atoms with Crippen LogP contribution in [0.4, 0.5) is 11.4 Å². The van der Waals surface area contributed by atoms with Crippen LogP contribution < -0.4 is 9.80 Å². The smallest absolute Gasteiger partial charge is 0.0366 e. The molecule has 0 unspecified atom stereocenters. The lowest BCUT2D eigenvalue weighted by atomic mass is 9.85. The Labute approximate surface area is 722 Å². The van der Waals surface area contributed by atoms with Crippen molar-refractivity contribution in [1.82, 2.24) is 0 Å². The quantitative estimate of drug-likeness (QED) is 0.126. The third kappa shape index (κ3) is 12.6. The van der Waals surface area contributed by atoms with E-state index in [-0.39, 0.29) is 0 Å². The van der Waals surface area contributed by atoms with Gasteiger partial charge >= 0.3 is 0 Å². The van der Waals surface area contributed by atoms with Gasteiger partial charge in [-0.3, -0.25) is 0 Å². The Morgan fingerprint density at radius 3 is 0.661 bits per heavy atom. The van der Waals surface area contributed by atoms with E-state index in [1.165, 1.54) is 305 Å². The second-order valence-electron chi connectivity index (χ2n) is 34.4. The van der Waals surface area contributed by atoms with E-state index in [0.29, 0.717) is 0 Å². The number of nitrogens with zero attached hydrogens (tertiary/aromatic N) is 2. The lowest BCUT2D eigenvalue weighted by molar-refractivity contribution is 0.578. The second-order valence-corrected chi connectivity index (χ2v) is 34.4. The average Bonchev–Trinajstić information content (AvgIpc) is 0.723. The maximum Gasteiger partial charge on any atom is 0.0366 e. The minimum absolute atomic E-state index is 1.18. The summed E-state index contributed by atoms with van der Waals surface area (Å²) in [6.45, 7) is 4.73. The molecule has 0 N–H and O–H groups in total. The molecule has 2 heteroatoms. The van der Waals surface area contributed by atoms with Crippen molar-refractivity contribution in [3.05, 3.63) is 413 Å². The summed E-state index contributed by atoms with van der Waals surface area (Å²) in [5.41, 5.74) is 23.1. The van der Waals surface area contributed by atoms with Crippen LogP contribution in [-0.2, 0) is 0 Å². The van der Waals surface area contributed by atoms with Crippen molar-refractivity contribution in [3.8, 4) is 89.0 Å². The SMILES string of the molecule is c1cc(N2CCCCC2)ccc1-c1ccc2ccc3c(-c4ccc(N5CCCCC5)cc4)ccc4ccc1c2c43.c1ccc(-c2ccc(-c3ccc4ccc5c(-c6ccc(-c7ccccc7)cc6)ccc6ccc3c4c65)cc2)cc1.c1ccc2c(c1)cc(-c1ccc3ccc4c(-c5cc6ccccc6c6ccccc56)ccc5ccc1c3c54)c1ccccc12. The highest BCUT2D eigenvalue weighted by Gasteiger charge is 2.23. The average molecular weight is 1580 g/mol. The highest BCUT2D eigenvalue weighted by molar-refractivity contribution is 6.32. The Bertz CT molecular complexity index is 7700. The summed E-state index contributed by atoms with van der Waals surface area (Å²) in [4.78, 5) is 5.08. The van der Waals surface area contributed by atoms with Gasteiger partial charge < -0.3 is 9.80 Å². The van der Waals surface area contributed by atoms with Gasteiger partial charge in [-0.05, 0) is 304 Å². The topological polar surface area (TPSA) is 6.48 Å². The lowest BCUT2D eigenvalue weighted by Crippen LogP contribution is -2.29. The fourth-order valence-corrected chi connectivity index (χ4v) is 21.4. The summed E-state index contributed by atoms with van der Waals surface area (Å²) in [7, 11) is 0. The predicted octanol–water partition coefficient (Wildman–Crippen LogP) is 33.7. The molecule has 0 spiro atoms. The van der Waals surface area contributed by atoms with Gasteiger partial charge in [0.25, 0.3) is 0 Å². The summed E-state index contributed by atoms with van der Waals surface area (Å²) < 4.78 is 0. The van der Waals surface area contributed by atoms with E-state index in [0.717, 1.165) is 0 Å². The Morgan fingerprint density at radius 2 is 0.355 bits per heavy atom. The summed E-state index contributed by atoms with van der Waals surface area (Å²) in [5, 5.41) is 34.2. The normalized spacial score (nSPS) is 13.3. The van der Waals surface area contributed by atoms with Crippen LogP contribution in [0.3, 0.4) is 0 Å². The van der Waals surface area contributed by atoms with Crippen molar-refractivity contribution < 1.29 is 0 Å². The summed E-state index contributed by atoms with van der Waals surface area (Å²) in [5.74, 6) is 0. The highest BCUT2D eigenvalue weighted by Crippen LogP contribution is 2.50. The number of rotatable bonds is 10. The molecule has 0 bridgehead atoms. The molecule has 26 rings (SSSR count). The second kappa shape index (κ2) is 30.6. The minimum atomic E-state index is 1.18. The van der Waals surface area contributed by atoms with Crippen molar-refractivity contribution in [3.63, 3.8) is 0 Å². The largest absolute Gasteiger partial charge is 0.372 e. The lowest BCUT2D eigenvalue weighted by Gasteiger charge is -2.29. The molecule has 586 valence electrons. The summed E-state index contributed by atoms with van der Waals surface area (Å²) >= 11 is 0. The van der Waals surface area contributed by atoms with E-state index in [9.17, 15) is 0 Å². The standard InChI is InChI=1S/C44H26.C40H26.C38H36N2/c1-3-11-31-29(9-1)25-41(35-15-7-5-13-33(31)35)37-21-17-27-20-24-40-38(22-18-28-19-23-39(37)43(27)44(28)40)42-26-30-10-2-4-12-32(30)34-14-6-8-16-36(34)42;1-3-7-27(8-4-1)29-11-15-31(16-12-29)35-23-19-33-22-26-38-36(24-20-34-21-25-37(35)39(33)40(34)38)32-17-13-30(14-18-32)28-9-5-2-6-10-28;1-3-23-39(24-4-1)31-15-7-27(8-16-31)33-19-11-29-14-22-36-34(20-12-30-13-21-35(33)37(29)38(30)36)28-9-17-32(18-10-28)40-25-5-2-6-26-40/h1-26H;1-26H;7-22H,1-6,23-26H2. The van der Waals surface area contributed by atoms with Crippen molar-refractivity contribution >= 4 is 151 Å². The molecule has 2 aliphatic rings. The third-order valence-electron chi connectivity index (χ3n) is 27.5. The van der Waals surface area contributed by atoms with E-state index in [2.05, 4.69) is 422 Å². The predicted molar refractivity (Wildman–Crippen MR) is 536 cm³/mol. The van der Waals surface area contributed by atoms with Gasteiger partial charge in [-0.1, -0.05) is 376 Å². The number of hydrogen-bond acceptors (Lipinski definition) is 2. The van der Waals surface area contributed by atoms with Gasteiger partial charge in [0.2, 0.25) is 0 Å². The van der Waals surface area contributed by atoms with Crippen LogP contribution in [-0.4, -0.2) is 26.2 Å². The maximum absolute atomic E-state index is 2.54. The first kappa shape index (κ1) is 73.0. The Hall–Kier alpha value is -15.0. The van der Waals surface area contributed by atoms with E-state index < -0.39 is 0 Å². The zero-order valence-electron chi connectivity index (χ0n) is 69.2. The van der Waals surface area contributed by atoms with Crippen LogP contribution in [0.25, 0.3) is 229 Å². The zero-order chi connectivity index (χ0) is 81.7. The van der Waals surface area contributed by atoms with Crippen molar-refractivity contribution in [1.29, 1.82) is 0 Å². The van der Waals surface area contributed by atoms with E-state index in [1.54, 1.807) is 0 Å². The van der Waals surface area contributed by atoms with Gasteiger partial charge in [-0.2, -0.15) is 0 Å². The molecule has 0 radical (unpaired) electrons. The zero-order valence-corrected chi connectivity index (χ0v) is 69.2. The molecular formula is C122H88N2. The minimum Gasteiger partial charge on any atom is -0.372 e. The molecule has 0 aromatic heterocycles. The highest BCUT2D eigenvalue weighted by atomic mass is 15.1. The fourth-order valence-electron chi connectivity index (χ4n) is 21.4. The van der Waals surface area contributed by atoms with Gasteiger partial charge in [-0.15, -0.1) is 0 Å². The van der Waals surface area contributed by atoms with E-state index >= 15 is 0 Å². The van der Waals surface area contributed by atoms with Gasteiger partial charge in [0.05, 0.1) is 0 Å². The third-order valence-corrected chi connectivity index (χ3v) is 27.5. The van der Waals surface area contributed by atoms with Gasteiger partial charge in [0.1, 0.15) is 0 Å². The van der Waals surface area contributed by atoms with Crippen LogP contribution in [0.1, 0.15) is 38.5 Å². The summed E-state index contributed by atoms with van der Waals surface area (Å²) in [6.07, 6.45) is 7.96. The molecule has 0 saturated carbocycles. The van der Waals surface area contributed by atoms with Crippen LogP contribution in [0.15, 0.2) is 413 Å². The van der Waals surface area contributed by atoms with Crippen molar-refractivity contribution in [2.45, 2.75) is 38.5 Å². The first-order valence-electron chi connectivity index (χ1n) is 44.5. The maximum atomic E-state index is 2.54. The van der Waals surface area contributed by atoms with Gasteiger partial charge in [0.15, 0.2) is 0 Å². The molecule has 2 saturated heterocycles. The fraction of sp³-hybridized carbons (Fsp3) is 0.0820.